The Morgan fingerprint density at radius 3 is 2.29 bits per heavy atom. The second kappa shape index (κ2) is 9.28. The average molecular weight is 559 g/mol. The molecule has 4 atom stereocenters. The molecule has 4 aromatic rings. The van der Waals surface area contributed by atoms with Gasteiger partial charge in [0, 0.05) is 28.1 Å². The Bertz CT molecular complexity index is 1790. The number of anilines is 2. The fraction of sp³-hybridized carbons (Fsp3) is 0.171. The van der Waals surface area contributed by atoms with E-state index in [0.717, 1.165) is 28.0 Å². The molecule has 0 aliphatic carbocycles. The highest BCUT2D eigenvalue weighted by Crippen LogP contribution is 2.59. The molecular weight excluding hydrogens is 532 g/mol. The van der Waals surface area contributed by atoms with Crippen LogP contribution in [0.4, 0.5) is 11.4 Å². The smallest absolute Gasteiger partial charge is 0.238 e. The second-order valence-corrected chi connectivity index (χ2v) is 11.5. The van der Waals surface area contributed by atoms with Crippen molar-refractivity contribution in [2.24, 2.45) is 5.92 Å². The van der Waals surface area contributed by atoms with Crippen LogP contribution in [0.15, 0.2) is 103 Å². The number of carbonyl (C=O) groups is 3. The van der Waals surface area contributed by atoms with Gasteiger partial charge in [0.05, 0.1) is 17.0 Å². The molecule has 0 radical (unpaired) electrons. The summed E-state index contributed by atoms with van der Waals surface area (Å²) in [6.07, 6.45) is 2.05. The Hall–Kier alpha value is -4.48. The standard InChI is InChI=1S/C35H27ClN2O3/c1-20-15-17-22(18-16-20)32(39)30-31(33(40)24-10-3-6-12-26(24)36)38-28-14-8-4-9-23(28)21(2)19-29(38)35(30)25-11-5-7-13-27(25)37-34(35)41/h3-19,29-31H,1-2H3,(H,37,41)/t29-,30+,31-,35-/m0/s1. The zero-order valence-corrected chi connectivity index (χ0v) is 23.4. The number of ketones is 2. The number of amides is 1. The fourth-order valence-electron chi connectivity index (χ4n) is 7.11. The van der Waals surface area contributed by atoms with E-state index in [9.17, 15) is 14.4 Å². The molecular formula is C35H27ClN2O3. The van der Waals surface area contributed by atoms with Crippen molar-refractivity contribution in [2.75, 3.05) is 10.2 Å². The first-order chi connectivity index (χ1) is 19.8. The predicted molar refractivity (Wildman–Crippen MR) is 162 cm³/mol. The van der Waals surface area contributed by atoms with Gasteiger partial charge in [-0.05, 0) is 49.2 Å². The largest absolute Gasteiger partial charge is 0.352 e. The first-order valence-corrected chi connectivity index (χ1v) is 14.1. The first-order valence-electron chi connectivity index (χ1n) is 13.7. The minimum atomic E-state index is -1.35. The van der Waals surface area contributed by atoms with Gasteiger partial charge in [-0.15, -0.1) is 0 Å². The van der Waals surface area contributed by atoms with Crippen molar-refractivity contribution in [3.63, 3.8) is 0 Å². The number of halogens is 1. The summed E-state index contributed by atoms with van der Waals surface area (Å²) < 4.78 is 0. The molecule has 3 heterocycles. The number of allylic oxidation sites excluding steroid dienone is 1. The van der Waals surface area contributed by atoms with E-state index >= 15 is 0 Å². The quantitative estimate of drug-likeness (QED) is 0.277. The van der Waals surface area contributed by atoms with Gasteiger partial charge in [-0.1, -0.05) is 96.0 Å². The number of hydrogen-bond acceptors (Lipinski definition) is 4. The normalized spacial score (nSPS) is 23.9. The third-order valence-electron chi connectivity index (χ3n) is 8.91. The lowest BCUT2D eigenvalue weighted by atomic mass is 9.64. The molecule has 1 fully saturated rings. The molecule has 5 nitrogen and oxygen atoms in total. The minimum Gasteiger partial charge on any atom is -0.352 e. The molecule has 0 saturated carbocycles. The van der Waals surface area contributed by atoms with Crippen LogP contribution in [0.25, 0.3) is 5.57 Å². The van der Waals surface area contributed by atoms with Gasteiger partial charge in [-0.25, -0.2) is 0 Å². The van der Waals surface area contributed by atoms with E-state index in [1.807, 2.05) is 79.4 Å². The third kappa shape index (κ3) is 3.52. The molecule has 0 bridgehead atoms. The van der Waals surface area contributed by atoms with Gasteiger partial charge in [0.25, 0.3) is 0 Å². The van der Waals surface area contributed by atoms with Crippen LogP contribution >= 0.6 is 11.6 Å². The Labute approximate surface area is 243 Å². The van der Waals surface area contributed by atoms with Crippen LogP contribution in [0.5, 0.6) is 0 Å². The van der Waals surface area contributed by atoms with E-state index < -0.39 is 23.4 Å². The lowest BCUT2D eigenvalue weighted by molar-refractivity contribution is -0.121. The summed E-state index contributed by atoms with van der Waals surface area (Å²) in [6.45, 7) is 3.98. The molecule has 3 aliphatic heterocycles. The average Bonchev–Trinajstić information content (AvgIpc) is 3.45. The van der Waals surface area contributed by atoms with E-state index in [1.165, 1.54) is 0 Å². The number of carbonyl (C=O) groups excluding carboxylic acids is 3. The van der Waals surface area contributed by atoms with E-state index in [0.29, 0.717) is 21.8 Å². The van der Waals surface area contributed by atoms with Crippen molar-refractivity contribution in [3.8, 4) is 0 Å². The summed E-state index contributed by atoms with van der Waals surface area (Å²) in [6, 6.07) is 28.1. The molecule has 1 amide bonds. The van der Waals surface area contributed by atoms with Crippen LogP contribution in [-0.2, 0) is 10.2 Å². The number of para-hydroxylation sites is 2. The maximum Gasteiger partial charge on any atom is 0.238 e. The lowest BCUT2D eigenvalue weighted by Crippen LogP contribution is -2.51. The Morgan fingerprint density at radius 2 is 1.51 bits per heavy atom. The predicted octanol–water partition coefficient (Wildman–Crippen LogP) is 6.89. The third-order valence-corrected chi connectivity index (χ3v) is 9.24. The highest BCUT2D eigenvalue weighted by molar-refractivity contribution is 6.34. The van der Waals surface area contributed by atoms with E-state index in [4.69, 9.17) is 11.6 Å². The van der Waals surface area contributed by atoms with Crippen LogP contribution in [0.2, 0.25) is 5.02 Å². The summed E-state index contributed by atoms with van der Waals surface area (Å²) >= 11 is 6.60. The number of rotatable bonds is 4. The zero-order chi connectivity index (χ0) is 28.5. The van der Waals surface area contributed by atoms with Crippen molar-refractivity contribution in [1.29, 1.82) is 0 Å². The van der Waals surface area contributed by atoms with E-state index in [2.05, 4.69) is 11.4 Å². The summed E-state index contributed by atoms with van der Waals surface area (Å²) in [5.74, 6) is -1.85. The van der Waals surface area contributed by atoms with Crippen molar-refractivity contribution >= 4 is 46.0 Å². The molecule has 0 aromatic heterocycles. The second-order valence-electron chi connectivity index (χ2n) is 11.1. The van der Waals surface area contributed by atoms with Gasteiger partial charge in [-0.2, -0.15) is 0 Å². The van der Waals surface area contributed by atoms with Gasteiger partial charge in [-0.3, -0.25) is 14.4 Å². The number of Topliss-reactive ketones (excluding diaryl/α,β-unsaturated/α-hetero) is 2. The van der Waals surface area contributed by atoms with E-state index in [1.54, 1.807) is 36.4 Å². The number of benzene rings is 4. The number of hydrogen-bond donors (Lipinski definition) is 1. The van der Waals surface area contributed by atoms with Crippen LogP contribution in [0.3, 0.4) is 0 Å². The Morgan fingerprint density at radius 1 is 0.829 bits per heavy atom. The van der Waals surface area contributed by atoms with Gasteiger partial charge in [0.2, 0.25) is 5.91 Å². The zero-order valence-electron chi connectivity index (χ0n) is 22.6. The van der Waals surface area contributed by atoms with Gasteiger partial charge in [0.15, 0.2) is 11.6 Å². The number of aryl methyl sites for hydroxylation is 1. The number of nitrogens with one attached hydrogen (secondary N) is 1. The number of nitrogens with zero attached hydrogens (tertiary/aromatic N) is 1. The first kappa shape index (κ1) is 25.5. The molecule has 4 aromatic carbocycles. The summed E-state index contributed by atoms with van der Waals surface area (Å²) in [4.78, 5) is 46.0. The van der Waals surface area contributed by atoms with Crippen molar-refractivity contribution < 1.29 is 14.4 Å². The highest BCUT2D eigenvalue weighted by atomic mass is 35.5. The topological polar surface area (TPSA) is 66.5 Å². The van der Waals surface area contributed by atoms with Gasteiger partial charge >= 0.3 is 0 Å². The molecule has 6 heteroatoms. The van der Waals surface area contributed by atoms with Gasteiger partial charge in [0.1, 0.15) is 11.5 Å². The summed E-state index contributed by atoms with van der Waals surface area (Å²) in [7, 11) is 0. The summed E-state index contributed by atoms with van der Waals surface area (Å²) in [5.41, 5.74) is 4.61. The molecule has 1 spiro atoms. The monoisotopic (exact) mass is 558 g/mol. The van der Waals surface area contributed by atoms with Crippen LogP contribution in [0.1, 0.15) is 44.3 Å². The van der Waals surface area contributed by atoms with Crippen LogP contribution in [-0.4, -0.2) is 29.6 Å². The van der Waals surface area contributed by atoms with Gasteiger partial charge < -0.3 is 10.2 Å². The van der Waals surface area contributed by atoms with Crippen molar-refractivity contribution in [3.05, 3.63) is 136 Å². The Kier molecular flexibility index (Phi) is 5.77. The molecule has 0 unspecified atom stereocenters. The Balaban J connectivity index is 1.57. The van der Waals surface area contributed by atoms with Crippen LogP contribution in [0, 0.1) is 12.8 Å². The maximum atomic E-state index is 14.8. The van der Waals surface area contributed by atoms with E-state index in [-0.39, 0.29) is 17.5 Å². The van der Waals surface area contributed by atoms with Crippen molar-refractivity contribution in [2.45, 2.75) is 31.3 Å². The molecule has 202 valence electrons. The van der Waals surface area contributed by atoms with Crippen molar-refractivity contribution in [1.82, 2.24) is 0 Å². The minimum absolute atomic E-state index is 0.250. The molecule has 1 N–H and O–H groups in total. The lowest BCUT2D eigenvalue weighted by Gasteiger charge is -2.39. The molecule has 7 rings (SSSR count). The maximum absolute atomic E-state index is 14.8. The fourth-order valence-corrected chi connectivity index (χ4v) is 7.33. The molecule has 41 heavy (non-hydrogen) atoms. The number of fused-ring (bicyclic) bond motifs is 6. The summed E-state index contributed by atoms with van der Waals surface area (Å²) in [5, 5.41) is 3.38. The molecule has 3 aliphatic rings. The SMILES string of the molecule is CC1=C[C@@H]2N(c3ccccc31)[C@H](C(=O)c1ccccc1Cl)[C@H](C(=O)c1ccc(C)cc1)[C@@]21C(=O)Nc2ccccc21. The highest BCUT2D eigenvalue weighted by Gasteiger charge is 2.70. The van der Waals surface area contributed by atoms with Crippen LogP contribution < -0.4 is 10.2 Å². The molecule has 1 saturated heterocycles.